The Morgan fingerprint density at radius 2 is 2.16 bits per heavy atom. The summed E-state index contributed by atoms with van der Waals surface area (Å²) in [5.74, 6) is 0.795. The maximum absolute atomic E-state index is 5.61. The number of aromatic nitrogens is 2. The highest BCUT2D eigenvalue weighted by atomic mass is 32.1. The fourth-order valence-corrected chi connectivity index (χ4v) is 3.92. The van der Waals surface area contributed by atoms with E-state index in [1.165, 1.54) is 0 Å². The number of thiazole rings is 1. The van der Waals surface area contributed by atoms with Crippen molar-refractivity contribution in [2.24, 2.45) is 5.73 Å². The van der Waals surface area contributed by atoms with Crippen LogP contribution < -0.4 is 21.3 Å². The Morgan fingerprint density at radius 3 is 2.94 bits per heavy atom. The van der Waals surface area contributed by atoms with E-state index in [1.54, 1.807) is 11.3 Å². The zero-order valence-corrected chi connectivity index (χ0v) is 19.1. The van der Waals surface area contributed by atoms with Crippen LogP contribution in [0.15, 0.2) is 54.5 Å². The summed E-state index contributed by atoms with van der Waals surface area (Å²) < 4.78 is 5.44. The van der Waals surface area contributed by atoms with Gasteiger partial charge in [0.25, 0.3) is 0 Å². The predicted octanol–water partition coefficient (Wildman–Crippen LogP) is 3.92. The first-order valence-corrected chi connectivity index (χ1v) is 11.5. The highest BCUT2D eigenvalue weighted by Gasteiger charge is 2.12. The first-order valence-electron chi connectivity index (χ1n) is 10.7. The molecule has 0 unspecified atom stereocenters. The molecule has 8 heteroatoms. The second-order valence-electron chi connectivity index (χ2n) is 7.20. The van der Waals surface area contributed by atoms with E-state index in [0.29, 0.717) is 6.54 Å². The third kappa shape index (κ3) is 7.20. The topological polar surface area (TPSA) is 88.3 Å². The van der Waals surface area contributed by atoms with Crippen molar-refractivity contribution in [3.05, 3.63) is 59.4 Å². The van der Waals surface area contributed by atoms with Gasteiger partial charge in [-0.25, -0.2) is 9.97 Å². The van der Waals surface area contributed by atoms with Crippen LogP contribution in [0.25, 0.3) is 5.57 Å². The predicted molar refractivity (Wildman–Crippen MR) is 131 cm³/mol. The first-order chi connectivity index (χ1) is 15.2. The van der Waals surface area contributed by atoms with Gasteiger partial charge in [-0.2, -0.15) is 0 Å². The number of ether oxygens (including phenoxy) is 1. The summed E-state index contributed by atoms with van der Waals surface area (Å²) in [5.41, 5.74) is 8.97. The van der Waals surface area contributed by atoms with Crippen LogP contribution >= 0.6 is 11.3 Å². The number of nitrogens with two attached hydrogens (primary N) is 1. The van der Waals surface area contributed by atoms with E-state index in [9.17, 15) is 0 Å². The molecule has 0 atom stereocenters. The lowest BCUT2D eigenvalue weighted by Crippen LogP contribution is -2.36. The molecule has 0 aliphatic carbocycles. The number of rotatable bonds is 10. The Kier molecular flexibility index (Phi) is 9.08. The van der Waals surface area contributed by atoms with Crippen LogP contribution in [-0.4, -0.2) is 49.4 Å². The van der Waals surface area contributed by atoms with Crippen LogP contribution in [-0.2, 0) is 4.74 Å². The molecule has 2 aromatic heterocycles. The zero-order valence-electron chi connectivity index (χ0n) is 18.3. The minimum absolute atomic E-state index is 0.678. The van der Waals surface area contributed by atoms with Crippen LogP contribution in [0, 0.1) is 0 Å². The van der Waals surface area contributed by atoms with E-state index in [4.69, 9.17) is 10.5 Å². The number of hydrogen-bond donors (Lipinski definition) is 3. The van der Waals surface area contributed by atoms with Crippen LogP contribution in [0.2, 0.25) is 0 Å². The van der Waals surface area contributed by atoms with Gasteiger partial charge in [-0.3, -0.25) is 0 Å². The largest absolute Gasteiger partial charge is 0.385 e. The van der Waals surface area contributed by atoms with Crippen molar-refractivity contribution in [3.63, 3.8) is 0 Å². The third-order valence-corrected chi connectivity index (χ3v) is 5.85. The van der Waals surface area contributed by atoms with Crippen LogP contribution in [0.5, 0.6) is 0 Å². The summed E-state index contributed by atoms with van der Waals surface area (Å²) >= 11 is 1.61. The van der Waals surface area contributed by atoms with E-state index in [-0.39, 0.29) is 0 Å². The molecule has 4 N–H and O–H groups in total. The molecular weight excluding hydrogens is 408 g/mol. The van der Waals surface area contributed by atoms with E-state index < -0.39 is 0 Å². The Morgan fingerprint density at radius 1 is 1.32 bits per heavy atom. The van der Waals surface area contributed by atoms with Gasteiger partial charge >= 0.3 is 0 Å². The van der Waals surface area contributed by atoms with Crippen molar-refractivity contribution in [1.29, 1.82) is 0 Å². The first kappa shape index (κ1) is 23.0. The maximum Gasteiger partial charge on any atom is 0.188 e. The van der Waals surface area contributed by atoms with Crippen LogP contribution in [0.1, 0.15) is 25.1 Å². The van der Waals surface area contributed by atoms with Gasteiger partial charge in [-0.15, -0.1) is 0 Å². The lowest BCUT2D eigenvalue weighted by atomic mass is 10.2. The minimum Gasteiger partial charge on any atom is -0.385 e. The van der Waals surface area contributed by atoms with Crippen molar-refractivity contribution in [2.45, 2.75) is 20.3 Å². The smallest absolute Gasteiger partial charge is 0.188 e. The van der Waals surface area contributed by atoms with Gasteiger partial charge < -0.3 is 26.0 Å². The second-order valence-corrected chi connectivity index (χ2v) is 8.23. The molecule has 3 rings (SSSR count). The van der Waals surface area contributed by atoms with Crippen molar-refractivity contribution < 1.29 is 4.74 Å². The molecule has 31 heavy (non-hydrogen) atoms. The van der Waals surface area contributed by atoms with Gasteiger partial charge in [-0.1, -0.05) is 23.5 Å². The monoisotopic (exact) mass is 440 g/mol. The maximum atomic E-state index is 5.61. The van der Waals surface area contributed by atoms with Crippen LogP contribution in [0.3, 0.4) is 0 Å². The Hall–Kier alpha value is -2.68. The fourth-order valence-electron chi connectivity index (χ4n) is 3.13. The summed E-state index contributed by atoms with van der Waals surface area (Å²) in [6, 6.07) is 4.10. The van der Waals surface area contributed by atoms with Gasteiger partial charge in [0.1, 0.15) is 5.82 Å². The van der Waals surface area contributed by atoms with Gasteiger partial charge in [0.15, 0.2) is 5.13 Å². The molecule has 2 aromatic rings. The number of allylic oxidation sites excluding steroid dienone is 5. The highest BCUT2D eigenvalue weighted by molar-refractivity contribution is 7.16. The van der Waals surface area contributed by atoms with Crippen molar-refractivity contribution in [3.8, 4) is 0 Å². The standard InChI is InChI=1S/C23H32N6OS/c1-3-4-6-19(25-9-5-8-24)15-18(2)21-17-27-23(31-21)28-22-16-20(7-10-26-22)29-11-13-30-14-12-29/h3-4,6-7,10,15-17,25H,5,8-9,11-14,24H2,1-2H3,(H,26,27,28)/b4-3-,18-15+,19-6+. The number of nitrogens with one attached hydrogen (secondary N) is 2. The van der Waals surface area contributed by atoms with E-state index in [2.05, 4.69) is 50.6 Å². The molecule has 7 nitrogen and oxygen atoms in total. The number of morpholine rings is 1. The molecule has 0 spiro atoms. The Bertz CT molecular complexity index is 914. The minimum atomic E-state index is 0.678. The third-order valence-electron chi connectivity index (χ3n) is 4.80. The SMILES string of the molecule is C\C=C/C=C(\C=C(/C)c1cnc(Nc2cc(N3CCOCC3)ccn2)s1)NCCCN. The molecule has 0 saturated carbocycles. The molecule has 1 aliphatic heterocycles. The number of hydrogen-bond acceptors (Lipinski definition) is 8. The molecule has 1 aliphatic rings. The van der Waals surface area contributed by atoms with Gasteiger partial charge in [0.05, 0.1) is 18.1 Å². The fraction of sp³-hybridized carbons (Fsp3) is 0.391. The van der Waals surface area contributed by atoms with E-state index >= 15 is 0 Å². The molecule has 1 fully saturated rings. The Balaban J connectivity index is 1.68. The molecule has 0 amide bonds. The number of nitrogens with zero attached hydrogens (tertiary/aromatic N) is 3. The lowest BCUT2D eigenvalue weighted by Gasteiger charge is -2.28. The second kappa shape index (κ2) is 12.2. The number of anilines is 3. The lowest BCUT2D eigenvalue weighted by molar-refractivity contribution is 0.122. The quantitative estimate of drug-likeness (QED) is 0.381. The van der Waals surface area contributed by atoms with Gasteiger partial charge in [0.2, 0.25) is 0 Å². The number of pyridine rings is 1. The van der Waals surface area contributed by atoms with Gasteiger partial charge in [0, 0.05) is 49.5 Å². The highest BCUT2D eigenvalue weighted by Crippen LogP contribution is 2.28. The van der Waals surface area contributed by atoms with Crippen molar-refractivity contribution in [2.75, 3.05) is 49.6 Å². The molecule has 166 valence electrons. The molecular formula is C23H32N6OS. The average Bonchev–Trinajstić information content (AvgIpc) is 3.27. The van der Waals surface area contributed by atoms with Crippen molar-refractivity contribution in [1.82, 2.24) is 15.3 Å². The van der Waals surface area contributed by atoms with Gasteiger partial charge in [-0.05, 0) is 50.6 Å². The summed E-state index contributed by atoms with van der Waals surface area (Å²) in [6.45, 7) is 8.96. The normalized spacial score (nSPS) is 15.5. The Labute approximate surface area is 188 Å². The molecule has 0 radical (unpaired) electrons. The average molecular weight is 441 g/mol. The summed E-state index contributed by atoms with van der Waals surface area (Å²) in [4.78, 5) is 12.4. The molecule has 0 bridgehead atoms. The summed E-state index contributed by atoms with van der Waals surface area (Å²) in [7, 11) is 0. The molecule has 3 heterocycles. The molecule has 1 saturated heterocycles. The zero-order chi connectivity index (χ0) is 21.9. The summed E-state index contributed by atoms with van der Waals surface area (Å²) in [5, 5.41) is 7.61. The summed E-state index contributed by atoms with van der Waals surface area (Å²) in [6.07, 6.45) is 12.9. The van der Waals surface area contributed by atoms with Crippen LogP contribution in [0.4, 0.5) is 16.6 Å². The van der Waals surface area contributed by atoms with E-state index in [0.717, 1.165) is 72.1 Å². The van der Waals surface area contributed by atoms with Crippen molar-refractivity contribution >= 4 is 33.5 Å². The molecule has 0 aromatic carbocycles. The van der Waals surface area contributed by atoms with E-state index in [1.807, 2.05) is 37.5 Å².